The van der Waals surface area contributed by atoms with Gasteiger partial charge in [-0.25, -0.2) is 0 Å². The summed E-state index contributed by atoms with van der Waals surface area (Å²) in [4.78, 5) is 30.9. The highest BCUT2D eigenvalue weighted by atomic mass is 16.6. The number of carbonyl (C=O) groups excluding carboxylic acids is 2. The summed E-state index contributed by atoms with van der Waals surface area (Å²) in [5.74, 6) is -0.631. The van der Waals surface area contributed by atoms with Gasteiger partial charge in [-0.15, -0.1) is 0 Å². The minimum absolute atomic E-state index is 0.0222. The minimum atomic E-state index is -0.740. The maximum atomic E-state index is 12.8. The molecule has 2 aliphatic heterocycles. The number of ketones is 1. The number of aromatic nitrogens is 1. The Bertz CT molecular complexity index is 972. The van der Waals surface area contributed by atoms with Crippen molar-refractivity contribution in [2.45, 2.75) is 6.04 Å². The van der Waals surface area contributed by atoms with Crippen molar-refractivity contribution in [1.29, 1.82) is 0 Å². The average molecular weight is 396 g/mol. The lowest BCUT2D eigenvalue weighted by molar-refractivity contribution is -0.140. The molecule has 4 rings (SSSR count). The molecule has 1 aromatic carbocycles. The van der Waals surface area contributed by atoms with E-state index in [-0.39, 0.29) is 24.5 Å². The van der Waals surface area contributed by atoms with Gasteiger partial charge in [0.2, 0.25) is 0 Å². The predicted octanol–water partition coefficient (Wildman–Crippen LogP) is 1.92. The van der Waals surface area contributed by atoms with Gasteiger partial charge in [0.25, 0.3) is 11.7 Å². The summed E-state index contributed by atoms with van der Waals surface area (Å²) in [5.41, 5.74) is 1.07. The Kier molecular flexibility index (Phi) is 5.18. The number of benzene rings is 1. The zero-order chi connectivity index (χ0) is 20.4. The predicted molar refractivity (Wildman–Crippen MR) is 103 cm³/mol. The summed E-state index contributed by atoms with van der Waals surface area (Å²) in [7, 11) is 1.52. The van der Waals surface area contributed by atoms with Gasteiger partial charge in [-0.05, 0) is 35.9 Å². The van der Waals surface area contributed by atoms with Gasteiger partial charge in [-0.3, -0.25) is 14.6 Å². The van der Waals surface area contributed by atoms with E-state index in [9.17, 15) is 14.7 Å². The van der Waals surface area contributed by atoms with Crippen LogP contribution in [-0.4, -0.2) is 60.2 Å². The molecule has 0 aliphatic carbocycles. The molecule has 0 saturated carbocycles. The summed E-state index contributed by atoms with van der Waals surface area (Å²) in [6.45, 7) is 1.32. The van der Waals surface area contributed by atoms with E-state index < -0.39 is 17.7 Å². The zero-order valence-corrected chi connectivity index (χ0v) is 15.8. The van der Waals surface area contributed by atoms with Crippen molar-refractivity contribution in [3.05, 3.63) is 59.4 Å². The van der Waals surface area contributed by atoms with Crippen LogP contribution in [0.1, 0.15) is 17.2 Å². The highest BCUT2D eigenvalue weighted by Gasteiger charge is 2.45. The number of likely N-dealkylation sites (tertiary alicyclic amines) is 1. The number of fused-ring (bicyclic) bond motifs is 1. The molecule has 0 spiro atoms. The Morgan fingerprint density at radius 3 is 2.62 bits per heavy atom. The van der Waals surface area contributed by atoms with Crippen LogP contribution in [0.3, 0.4) is 0 Å². The number of hydrogen-bond acceptors (Lipinski definition) is 7. The van der Waals surface area contributed by atoms with Crippen LogP contribution in [0.15, 0.2) is 48.3 Å². The lowest BCUT2D eigenvalue weighted by Crippen LogP contribution is -2.32. The third-order valence-electron chi connectivity index (χ3n) is 4.91. The number of Topliss-reactive ketones (excluding diaryl/α,β-unsaturated/α-hetero) is 1. The van der Waals surface area contributed by atoms with Crippen molar-refractivity contribution in [2.75, 3.05) is 33.5 Å². The fourth-order valence-corrected chi connectivity index (χ4v) is 3.54. The van der Waals surface area contributed by atoms with Crippen LogP contribution in [0.25, 0.3) is 5.76 Å². The summed E-state index contributed by atoms with van der Waals surface area (Å²) in [6.07, 6.45) is 3.16. The topological polar surface area (TPSA) is 98.2 Å². The number of rotatable bonds is 5. The van der Waals surface area contributed by atoms with Gasteiger partial charge in [0, 0.05) is 31.6 Å². The second kappa shape index (κ2) is 7.92. The van der Waals surface area contributed by atoms with Crippen molar-refractivity contribution in [3.8, 4) is 11.5 Å². The van der Waals surface area contributed by atoms with Gasteiger partial charge in [-0.1, -0.05) is 0 Å². The molecule has 0 bridgehead atoms. The van der Waals surface area contributed by atoms with E-state index in [1.54, 1.807) is 42.7 Å². The number of amides is 1. The van der Waals surface area contributed by atoms with Crippen LogP contribution in [0.5, 0.6) is 11.5 Å². The van der Waals surface area contributed by atoms with E-state index in [1.807, 2.05) is 0 Å². The van der Waals surface area contributed by atoms with E-state index in [0.29, 0.717) is 35.8 Å². The molecule has 2 aliphatic rings. The maximum absolute atomic E-state index is 12.8. The van der Waals surface area contributed by atoms with E-state index in [1.165, 1.54) is 12.0 Å². The summed E-state index contributed by atoms with van der Waals surface area (Å²) in [5, 5.41) is 11.0. The number of ether oxygens (including phenoxy) is 3. The Labute approximate surface area is 167 Å². The number of nitrogens with zero attached hydrogens (tertiary/aromatic N) is 2. The highest BCUT2D eigenvalue weighted by molar-refractivity contribution is 6.46. The number of pyridine rings is 1. The molecule has 8 nitrogen and oxygen atoms in total. The molecule has 1 aromatic heterocycles. The Morgan fingerprint density at radius 2 is 1.90 bits per heavy atom. The summed E-state index contributed by atoms with van der Waals surface area (Å²) >= 11 is 0. The monoisotopic (exact) mass is 396 g/mol. The minimum Gasteiger partial charge on any atom is -0.507 e. The molecule has 1 amide bonds. The average Bonchev–Trinajstić information content (AvgIpc) is 3.02. The fourth-order valence-electron chi connectivity index (χ4n) is 3.54. The number of hydrogen-bond donors (Lipinski definition) is 1. The van der Waals surface area contributed by atoms with Crippen molar-refractivity contribution in [2.24, 2.45) is 0 Å². The molecular formula is C21H20N2O6. The lowest BCUT2D eigenvalue weighted by Gasteiger charge is -2.25. The van der Waals surface area contributed by atoms with Gasteiger partial charge in [0.15, 0.2) is 11.5 Å². The van der Waals surface area contributed by atoms with E-state index in [0.717, 1.165) is 0 Å². The molecule has 1 atom stereocenters. The Balaban J connectivity index is 1.82. The van der Waals surface area contributed by atoms with Crippen molar-refractivity contribution in [3.63, 3.8) is 0 Å². The largest absolute Gasteiger partial charge is 0.507 e. The maximum Gasteiger partial charge on any atom is 0.295 e. The second-order valence-corrected chi connectivity index (χ2v) is 6.62. The Morgan fingerprint density at radius 1 is 1.17 bits per heavy atom. The quantitative estimate of drug-likeness (QED) is 0.468. The zero-order valence-electron chi connectivity index (χ0n) is 15.8. The molecule has 1 fully saturated rings. The molecule has 150 valence electrons. The van der Waals surface area contributed by atoms with Crippen LogP contribution < -0.4 is 9.47 Å². The van der Waals surface area contributed by atoms with E-state index >= 15 is 0 Å². The first kappa shape index (κ1) is 18.9. The van der Waals surface area contributed by atoms with Gasteiger partial charge in [-0.2, -0.15) is 0 Å². The van der Waals surface area contributed by atoms with Crippen molar-refractivity contribution in [1.82, 2.24) is 9.88 Å². The smallest absolute Gasteiger partial charge is 0.295 e. The van der Waals surface area contributed by atoms with Crippen LogP contribution >= 0.6 is 0 Å². The molecule has 1 unspecified atom stereocenters. The first-order chi connectivity index (χ1) is 14.1. The molecule has 2 aromatic rings. The van der Waals surface area contributed by atoms with Crippen LogP contribution in [0.2, 0.25) is 0 Å². The third-order valence-corrected chi connectivity index (χ3v) is 4.91. The standard InChI is InChI=1S/C21H20N2O6/c1-27-9-8-23-18(13-4-6-22-7-5-13)17(20(25)21(23)26)19(24)14-2-3-15-16(12-14)29-11-10-28-15/h2-7,12,18,24H,8-11H2,1H3. The molecule has 0 radical (unpaired) electrons. The van der Waals surface area contributed by atoms with Crippen LogP contribution in [0.4, 0.5) is 0 Å². The highest BCUT2D eigenvalue weighted by Crippen LogP contribution is 2.40. The van der Waals surface area contributed by atoms with Gasteiger partial charge in [0.05, 0.1) is 18.2 Å². The summed E-state index contributed by atoms with van der Waals surface area (Å²) < 4.78 is 16.2. The number of methoxy groups -OCH3 is 1. The molecule has 3 heterocycles. The molecule has 29 heavy (non-hydrogen) atoms. The van der Waals surface area contributed by atoms with Crippen molar-refractivity contribution >= 4 is 17.4 Å². The molecular weight excluding hydrogens is 376 g/mol. The number of carbonyl (C=O) groups is 2. The second-order valence-electron chi connectivity index (χ2n) is 6.62. The van der Waals surface area contributed by atoms with Crippen LogP contribution in [0, 0.1) is 0 Å². The van der Waals surface area contributed by atoms with E-state index in [2.05, 4.69) is 4.98 Å². The van der Waals surface area contributed by atoms with Crippen LogP contribution in [-0.2, 0) is 14.3 Å². The lowest BCUT2D eigenvalue weighted by atomic mass is 9.96. The van der Waals surface area contributed by atoms with Gasteiger partial charge >= 0.3 is 0 Å². The first-order valence-electron chi connectivity index (χ1n) is 9.19. The molecule has 1 saturated heterocycles. The normalized spacial score (nSPS) is 20.2. The third kappa shape index (κ3) is 3.42. The fraction of sp³-hybridized carbons (Fsp3) is 0.286. The van der Waals surface area contributed by atoms with Crippen molar-refractivity contribution < 1.29 is 28.9 Å². The molecule has 8 heteroatoms. The Hall–Kier alpha value is -3.39. The van der Waals surface area contributed by atoms with E-state index in [4.69, 9.17) is 14.2 Å². The first-order valence-corrected chi connectivity index (χ1v) is 9.19. The van der Waals surface area contributed by atoms with Gasteiger partial charge in [0.1, 0.15) is 19.0 Å². The van der Waals surface area contributed by atoms with Gasteiger partial charge < -0.3 is 24.2 Å². The molecule has 1 N–H and O–H groups in total. The number of aliphatic hydroxyl groups excluding tert-OH is 1. The summed E-state index contributed by atoms with van der Waals surface area (Å²) in [6, 6.07) is 7.61. The number of aliphatic hydroxyl groups is 1. The SMILES string of the molecule is COCCN1C(=O)C(=O)C(=C(O)c2ccc3c(c2)OCCO3)C1c1ccncc1.